The van der Waals surface area contributed by atoms with Gasteiger partial charge in [-0.15, -0.1) is 0 Å². The molecule has 3 nitrogen and oxygen atoms in total. The van der Waals surface area contributed by atoms with E-state index in [4.69, 9.17) is 0 Å². The first-order valence-corrected chi connectivity index (χ1v) is 7.37. The molecule has 108 valence electrons. The van der Waals surface area contributed by atoms with Gasteiger partial charge in [-0.1, -0.05) is 12.1 Å². The van der Waals surface area contributed by atoms with E-state index < -0.39 is 0 Å². The fourth-order valence-electron chi connectivity index (χ4n) is 2.99. The molecule has 3 rings (SSSR count). The molecule has 1 amide bonds. The summed E-state index contributed by atoms with van der Waals surface area (Å²) in [6.07, 6.45) is 4.53. The lowest BCUT2D eigenvalue weighted by molar-refractivity contribution is 0.102. The van der Waals surface area contributed by atoms with E-state index >= 15 is 0 Å². The largest absolute Gasteiger partial charge is 0.508 e. The van der Waals surface area contributed by atoms with Gasteiger partial charge in [-0.2, -0.15) is 0 Å². The van der Waals surface area contributed by atoms with Crippen molar-refractivity contribution in [1.82, 2.24) is 0 Å². The Morgan fingerprint density at radius 3 is 2.76 bits per heavy atom. The zero-order valence-electron chi connectivity index (χ0n) is 12.1. The Morgan fingerprint density at radius 2 is 1.95 bits per heavy atom. The van der Waals surface area contributed by atoms with Crippen LogP contribution in [0.25, 0.3) is 0 Å². The van der Waals surface area contributed by atoms with Crippen LogP contribution in [0, 0.1) is 6.92 Å². The monoisotopic (exact) mass is 281 g/mol. The number of carbonyl (C=O) groups is 1. The van der Waals surface area contributed by atoms with E-state index in [0.29, 0.717) is 5.56 Å². The Kier molecular flexibility index (Phi) is 3.65. The van der Waals surface area contributed by atoms with Gasteiger partial charge < -0.3 is 10.4 Å². The third-order valence-electron chi connectivity index (χ3n) is 4.10. The molecular formula is C18H19NO2. The highest BCUT2D eigenvalue weighted by atomic mass is 16.3. The van der Waals surface area contributed by atoms with Crippen LogP contribution in [0.5, 0.6) is 5.75 Å². The van der Waals surface area contributed by atoms with Crippen LogP contribution in [-0.2, 0) is 12.8 Å². The van der Waals surface area contributed by atoms with Crippen LogP contribution in [0.1, 0.15) is 39.9 Å². The number of aryl methyl sites for hydroxylation is 2. The van der Waals surface area contributed by atoms with Gasteiger partial charge in [-0.25, -0.2) is 0 Å². The molecule has 0 aliphatic heterocycles. The molecule has 0 unspecified atom stereocenters. The number of anilines is 1. The summed E-state index contributed by atoms with van der Waals surface area (Å²) < 4.78 is 0. The summed E-state index contributed by atoms with van der Waals surface area (Å²) in [6, 6.07) is 10.9. The fourth-order valence-corrected chi connectivity index (χ4v) is 2.99. The van der Waals surface area contributed by atoms with Crippen LogP contribution in [0.3, 0.4) is 0 Å². The summed E-state index contributed by atoms with van der Waals surface area (Å²) >= 11 is 0. The molecule has 21 heavy (non-hydrogen) atoms. The van der Waals surface area contributed by atoms with Crippen LogP contribution in [0.15, 0.2) is 36.4 Å². The maximum absolute atomic E-state index is 12.4. The number of phenolic OH excluding ortho intramolecular Hbond substituents is 1. The van der Waals surface area contributed by atoms with Crippen molar-refractivity contribution in [2.24, 2.45) is 0 Å². The molecule has 0 spiro atoms. The minimum atomic E-state index is -0.119. The van der Waals surface area contributed by atoms with Crippen molar-refractivity contribution in [2.75, 3.05) is 5.32 Å². The second kappa shape index (κ2) is 5.60. The van der Waals surface area contributed by atoms with Gasteiger partial charge >= 0.3 is 0 Å². The number of carbonyl (C=O) groups excluding carboxylic acids is 1. The Bertz CT molecular complexity index is 692. The lowest BCUT2D eigenvalue weighted by Gasteiger charge is -2.19. The molecule has 0 radical (unpaired) electrons. The van der Waals surface area contributed by atoms with Crippen LogP contribution in [0.4, 0.5) is 5.69 Å². The summed E-state index contributed by atoms with van der Waals surface area (Å²) in [5.41, 5.74) is 4.91. The zero-order valence-corrected chi connectivity index (χ0v) is 12.1. The van der Waals surface area contributed by atoms with Gasteiger partial charge in [-0.3, -0.25) is 4.79 Å². The minimum Gasteiger partial charge on any atom is -0.508 e. The maximum Gasteiger partial charge on any atom is 0.255 e. The van der Waals surface area contributed by atoms with E-state index in [1.54, 1.807) is 18.2 Å². The molecule has 0 aromatic heterocycles. The van der Waals surface area contributed by atoms with Crippen LogP contribution < -0.4 is 5.32 Å². The predicted molar refractivity (Wildman–Crippen MR) is 83.9 cm³/mol. The second-order valence-electron chi connectivity index (χ2n) is 5.60. The van der Waals surface area contributed by atoms with E-state index in [0.717, 1.165) is 24.1 Å². The van der Waals surface area contributed by atoms with E-state index in [9.17, 15) is 9.90 Å². The molecule has 3 heteroatoms. The van der Waals surface area contributed by atoms with Gasteiger partial charge in [-0.05, 0) is 73.6 Å². The van der Waals surface area contributed by atoms with Crippen molar-refractivity contribution >= 4 is 11.6 Å². The van der Waals surface area contributed by atoms with E-state index in [1.807, 2.05) is 19.1 Å². The normalized spacial score (nSPS) is 13.6. The van der Waals surface area contributed by atoms with Gasteiger partial charge in [0.2, 0.25) is 0 Å². The fraction of sp³-hybridized carbons (Fsp3) is 0.278. The summed E-state index contributed by atoms with van der Waals surface area (Å²) in [7, 11) is 0. The molecule has 0 saturated heterocycles. The van der Waals surface area contributed by atoms with Crippen molar-refractivity contribution in [2.45, 2.75) is 32.6 Å². The smallest absolute Gasteiger partial charge is 0.255 e. The first-order valence-electron chi connectivity index (χ1n) is 7.37. The first-order chi connectivity index (χ1) is 10.1. The molecule has 0 saturated carbocycles. The Balaban J connectivity index is 1.88. The van der Waals surface area contributed by atoms with Crippen molar-refractivity contribution < 1.29 is 9.90 Å². The molecule has 0 bridgehead atoms. The van der Waals surface area contributed by atoms with E-state index in [2.05, 4.69) is 11.4 Å². The van der Waals surface area contributed by atoms with Crippen LogP contribution in [0.2, 0.25) is 0 Å². The molecule has 2 aromatic rings. The highest BCUT2D eigenvalue weighted by Crippen LogP contribution is 2.28. The van der Waals surface area contributed by atoms with Gasteiger partial charge in [0.25, 0.3) is 5.91 Å². The molecule has 2 N–H and O–H groups in total. The van der Waals surface area contributed by atoms with Crippen LogP contribution >= 0.6 is 0 Å². The first kappa shape index (κ1) is 13.7. The number of hydrogen-bond acceptors (Lipinski definition) is 2. The SMILES string of the molecule is Cc1cc(O)ccc1C(=O)Nc1cccc2c1CCCC2. The molecule has 0 fully saturated rings. The second-order valence-corrected chi connectivity index (χ2v) is 5.60. The maximum atomic E-state index is 12.4. The summed E-state index contributed by atoms with van der Waals surface area (Å²) in [6.45, 7) is 1.83. The Labute approximate surface area is 124 Å². The zero-order chi connectivity index (χ0) is 14.8. The highest BCUT2D eigenvalue weighted by Gasteiger charge is 2.16. The number of fused-ring (bicyclic) bond motifs is 1. The van der Waals surface area contributed by atoms with Gasteiger partial charge in [0.05, 0.1) is 0 Å². The van der Waals surface area contributed by atoms with Crippen molar-refractivity contribution in [1.29, 1.82) is 0 Å². The van der Waals surface area contributed by atoms with E-state index in [1.165, 1.54) is 24.0 Å². The predicted octanol–water partition coefficient (Wildman–Crippen LogP) is 3.83. The molecular weight excluding hydrogens is 262 g/mol. The number of hydrogen-bond donors (Lipinski definition) is 2. The van der Waals surface area contributed by atoms with Crippen molar-refractivity contribution in [3.05, 3.63) is 58.7 Å². The van der Waals surface area contributed by atoms with Crippen molar-refractivity contribution in [3.63, 3.8) is 0 Å². The Morgan fingerprint density at radius 1 is 1.14 bits per heavy atom. The van der Waals surface area contributed by atoms with E-state index in [-0.39, 0.29) is 11.7 Å². The molecule has 1 aliphatic rings. The minimum absolute atomic E-state index is 0.119. The number of aromatic hydroxyl groups is 1. The van der Waals surface area contributed by atoms with Crippen LogP contribution in [-0.4, -0.2) is 11.0 Å². The molecule has 1 aliphatic carbocycles. The standard InChI is InChI=1S/C18H19NO2/c1-12-11-14(20)9-10-15(12)18(21)19-17-8-4-6-13-5-2-3-7-16(13)17/h4,6,8-11,20H,2-3,5,7H2,1H3,(H,19,21). The lowest BCUT2D eigenvalue weighted by atomic mass is 9.90. The summed E-state index contributed by atoms with van der Waals surface area (Å²) in [5.74, 6) is 0.0626. The third-order valence-corrected chi connectivity index (χ3v) is 4.10. The number of benzene rings is 2. The van der Waals surface area contributed by atoms with Gasteiger partial charge in [0.1, 0.15) is 5.75 Å². The van der Waals surface area contributed by atoms with Gasteiger partial charge in [0.15, 0.2) is 0 Å². The number of phenols is 1. The topological polar surface area (TPSA) is 49.3 Å². The average molecular weight is 281 g/mol. The van der Waals surface area contributed by atoms with Crippen molar-refractivity contribution in [3.8, 4) is 5.75 Å². The Hall–Kier alpha value is -2.29. The lowest BCUT2D eigenvalue weighted by Crippen LogP contribution is -2.16. The highest BCUT2D eigenvalue weighted by molar-refractivity contribution is 6.05. The summed E-state index contributed by atoms with van der Waals surface area (Å²) in [5, 5.41) is 12.5. The molecule has 0 atom stereocenters. The third kappa shape index (κ3) is 2.77. The molecule has 2 aromatic carbocycles. The number of rotatable bonds is 2. The summed E-state index contributed by atoms with van der Waals surface area (Å²) in [4.78, 5) is 12.4. The van der Waals surface area contributed by atoms with Gasteiger partial charge in [0, 0.05) is 11.3 Å². The number of nitrogens with one attached hydrogen (secondary N) is 1. The average Bonchev–Trinajstić information content (AvgIpc) is 2.47. The number of amides is 1. The molecule has 0 heterocycles. The quantitative estimate of drug-likeness (QED) is 0.879.